The molecule has 0 heterocycles. The number of rotatable bonds is 14. The number of nitrogens with two attached hydrogens (primary N) is 2. The third-order valence-electron chi connectivity index (χ3n) is 3.38. The summed E-state index contributed by atoms with van der Waals surface area (Å²) in [6.45, 7) is 0.556. The van der Waals surface area contributed by atoms with Crippen molar-refractivity contribution < 1.29 is 38.6 Å². The zero-order valence-corrected chi connectivity index (χ0v) is 15.7. The molecule has 0 aromatic carbocycles. The molecule has 0 bridgehead atoms. The second kappa shape index (κ2) is 11.8. The highest BCUT2D eigenvalue weighted by Gasteiger charge is 2.26. The highest BCUT2D eigenvalue weighted by molar-refractivity contribution is 5.76. The van der Waals surface area contributed by atoms with Gasteiger partial charge in [-0.15, -0.1) is 0 Å². The van der Waals surface area contributed by atoms with Crippen molar-refractivity contribution in [3.63, 3.8) is 0 Å². The third-order valence-corrected chi connectivity index (χ3v) is 3.38. The summed E-state index contributed by atoms with van der Waals surface area (Å²) in [6, 6.07) is -0.893. The molecule has 6 N–H and O–H groups in total. The third kappa shape index (κ3) is 12.6. The maximum absolute atomic E-state index is 12.0. The predicted octanol–water partition coefficient (Wildman–Crippen LogP) is -0.995. The standard InChI is InChI=1S/C16H31N3O7/c1-19(2,3)9-11(7-14(20)21)25-10-12(8-15(22)23)26-16(24)13(18)5-4-6-17/h11-13H,4-10,17-18H2,1-3H3,(H-,20,21,22,23)/p+1/t11-,12?,13-/m1/s1. The first kappa shape index (κ1) is 24.2. The molecular weight excluding hydrogens is 346 g/mol. The van der Waals surface area contributed by atoms with Crippen LogP contribution in [0.5, 0.6) is 0 Å². The molecular formula is C16H32N3O7+. The molecule has 0 saturated carbocycles. The van der Waals surface area contributed by atoms with Crippen LogP contribution in [-0.4, -0.2) is 91.7 Å². The van der Waals surface area contributed by atoms with Crippen LogP contribution in [0.15, 0.2) is 0 Å². The SMILES string of the molecule is C[N+](C)(C)C[C@@H](CC(=O)O)OCC(CC(=O)O)OC(=O)[C@H](N)CCCN. The van der Waals surface area contributed by atoms with Gasteiger partial charge < -0.3 is 35.6 Å². The molecule has 0 fully saturated rings. The van der Waals surface area contributed by atoms with Crippen molar-refractivity contribution in [1.82, 2.24) is 0 Å². The monoisotopic (exact) mass is 378 g/mol. The summed E-state index contributed by atoms with van der Waals surface area (Å²) in [4.78, 5) is 33.9. The number of likely N-dealkylation sites (N-methyl/N-ethyl adjacent to an activating group) is 1. The fourth-order valence-electron chi connectivity index (χ4n) is 2.26. The van der Waals surface area contributed by atoms with E-state index in [0.29, 0.717) is 30.4 Å². The number of carbonyl (C=O) groups is 3. The van der Waals surface area contributed by atoms with E-state index < -0.39 is 42.6 Å². The van der Waals surface area contributed by atoms with Crippen LogP contribution < -0.4 is 11.5 Å². The Labute approximate surface area is 153 Å². The van der Waals surface area contributed by atoms with Gasteiger partial charge in [0, 0.05) is 0 Å². The van der Waals surface area contributed by atoms with Crippen molar-refractivity contribution in [2.24, 2.45) is 11.5 Å². The lowest BCUT2D eigenvalue weighted by Crippen LogP contribution is -2.44. The second-order valence-electron chi connectivity index (χ2n) is 7.22. The first-order valence-electron chi connectivity index (χ1n) is 8.46. The number of nitrogens with zero attached hydrogens (tertiary/aromatic N) is 1. The molecule has 0 amide bonds. The Balaban J connectivity index is 4.82. The van der Waals surface area contributed by atoms with E-state index in [1.165, 1.54) is 0 Å². The van der Waals surface area contributed by atoms with E-state index in [4.69, 9.17) is 31.2 Å². The minimum atomic E-state index is -1.16. The lowest BCUT2D eigenvalue weighted by atomic mass is 10.1. The molecule has 0 aliphatic carbocycles. The zero-order chi connectivity index (χ0) is 20.3. The number of hydrogen-bond donors (Lipinski definition) is 4. The summed E-state index contributed by atoms with van der Waals surface area (Å²) in [6.07, 6.45) is -1.51. The Bertz CT molecular complexity index is 465. The zero-order valence-electron chi connectivity index (χ0n) is 15.7. The summed E-state index contributed by atoms with van der Waals surface area (Å²) >= 11 is 0. The number of aliphatic carboxylic acids is 2. The van der Waals surface area contributed by atoms with E-state index in [9.17, 15) is 14.4 Å². The number of carboxylic acid groups (broad SMARTS) is 2. The lowest BCUT2D eigenvalue weighted by molar-refractivity contribution is -0.873. The Morgan fingerprint density at radius 2 is 1.58 bits per heavy atom. The molecule has 0 aromatic heterocycles. The minimum absolute atomic E-state index is 0.223. The van der Waals surface area contributed by atoms with E-state index in [0.717, 1.165) is 0 Å². The average molecular weight is 378 g/mol. The van der Waals surface area contributed by atoms with E-state index in [1.54, 1.807) is 0 Å². The summed E-state index contributed by atoms with van der Waals surface area (Å²) < 4.78 is 11.2. The van der Waals surface area contributed by atoms with Crippen molar-refractivity contribution in [1.29, 1.82) is 0 Å². The highest BCUT2D eigenvalue weighted by atomic mass is 16.6. The van der Waals surface area contributed by atoms with Crippen LogP contribution in [0.1, 0.15) is 25.7 Å². The molecule has 3 atom stereocenters. The van der Waals surface area contributed by atoms with Crippen LogP contribution in [0.3, 0.4) is 0 Å². The van der Waals surface area contributed by atoms with Gasteiger partial charge in [0.2, 0.25) is 0 Å². The van der Waals surface area contributed by atoms with Gasteiger partial charge in [-0.1, -0.05) is 0 Å². The van der Waals surface area contributed by atoms with Crippen molar-refractivity contribution in [3.05, 3.63) is 0 Å². The van der Waals surface area contributed by atoms with Gasteiger partial charge in [-0.05, 0) is 19.4 Å². The van der Waals surface area contributed by atoms with Crippen LogP contribution in [0.4, 0.5) is 0 Å². The molecule has 26 heavy (non-hydrogen) atoms. The maximum Gasteiger partial charge on any atom is 0.323 e. The summed E-state index contributed by atoms with van der Waals surface area (Å²) in [5.74, 6) is -2.92. The van der Waals surface area contributed by atoms with Gasteiger partial charge in [0.1, 0.15) is 24.8 Å². The van der Waals surface area contributed by atoms with E-state index in [1.807, 2.05) is 21.1 Å². The number of hydrogen-bond acceptors (Lipinski definition) is 7. The normalized spacial score (nSPS) is 15.1. The second-order valence-corrected chi connectivity index (χ2v) is 7.22. The van der Waals surface area contributed by atoms with Crippen molar-refractivity contribution in [2.45, 2.75) is 43.9 Å². The number of quaternary nitrogens is 1. The van der Waals surface area contributed by atoms with Crippen LogP contribution in [0, 0.1) is 0 Å². The predicted molar refractivity (Wildman–Crippen MR) is 93.3 cm³/mol. The fraction of sp³-hybridized carbons (Fsp3) is 0.812. The number of carbonyl (C=O) groups excluding carboxylic acids is 1. The van der Waals surface area contributed by atoms with Crippen LogP contribution >= 0.6 is 0 Å². The molecule has 0 aliphatic rings. The highest BCUT2D eigenvalue weighted by Crippen LogP contribution is 2.10. The molecule has 152 valence electrons. The molecule has 1 unspecified atom stereocenters. The molecule has 0 aliphatic heterocycles. The summed E-state index contributed by atoms with van der Waals surface area (Å²) in [7, 11) is 5.64. The Hall–Kier alpha value is -1.75. The Kier molecular flexibility index (Phi) is 11.0. The van der Waals surface area contributed by atoms with Gasteiger partial charge in [0.25, 0.3) is 0 Å². The van der Waals surface area contributed by atoms with E-state index >= 15 is 0 Å². The van der Waals surface area contributed by atoms with Crippen molar-refractivity contribution in [3.8, 4) is 0 Å². The Morgan fingerprint density at radius 1 is 1.04 bits per heavy atom. The molecule has 10 nitrogen and oxygen atoms in total. The average Bonchev–Trinajstić information content (AvgIpc) is 2.47. The van der Waals surface area contributed by atoms with Gasteiger partial charge in [-0.25, -0.2) is 0 Å². The van der Waals surface area contributed by atoms with Crippen molar-refractivity contribution >= 4 is 17.9 Å². The molecule has 10 heteroatoms. The van der Waals surface area contributed by atoms with E-state index in [2.05, 4.69) is 0 Å². The number of ether oxygens (including phenoxy) is 2. The molecule has 0 radical (unpaired) electrons. The molecule has 0 saturated heterocycles. The first-order chi connectivity index (χ1) is 11.9. The van der Waals surface area contributed by atoms with Gasteiger partial charge in [0.15, 0.2) is 0 Å². The fourth-order valence-corrected chi connectivity index (χ4v) is 2.26. The smallest absolute Gasteiger partial charge is 0.323 e. The van der Waals surface area contributed by atoms with Crippen molar-refractivity contribution in [2.75, 3.05) is 40.8 Å². The van der Waals surface area contributed by atoms with Crippen LogP contribution in [0.2, 0.25) is 0 Å². The van der Waals surface area contributed by atoms with Crippen LogP contribution in [-0.2, 0) is 23.9 Å². The van der Waals surface area contributed by atoms with E-state index in [-0.39, 0.29) is 13.0 Å². The number of esters is 1. The lowest BCUT2D eigenvalue weighted by Gasteiger charge is -2.29. The van der Waals surface area contributed by atoms with Gasteiger partial charge >= 0.3 is 17.9 Å². The largest absolute Gasteiger partial charge is 0.481 e. The molecule has 0 spiro atoms. The summed E-state index contributed by atoms with van der Waals surface area (Å²) in [5.41, 5.74) is 11.0. The van der Waals surface area contributed by atoms with Gasteiger partial charge in [0.05, 0.1) is 40.6 Å². The van der Waals surface area contributed by atoms with Gasteiger partial charge in [-0.2, -0.15) is 0 Å². The Morgan fingerprint density at radius 3 is 2.04 bits per heavy atom. The number of carboxylic acids is 2. The molecule has 0 aromatic rings. The summed E-state index contributed by atoms with van der Waals surface area (Å²) in [5, 5.41) is 18.0. The topological polar surface area (TPSA) is 162 Å². The first-order valence-corrected chi connectivity index (χ1v) is 8.46. The maximum atomic E-state index is 12.0. The van der Waals surface area contributed by atoms with Gasteiger partial charge in [-0.3, -0.25) is 14.4 Å². The van der Waals surface area contributed by atoms with Crippen LogP contribution in [0.25, 0.3) is 0 Å². The molecule has 0 rings (SSSR count). The minimum Gasteiger partial charge on any atom is -0.481 e. The quantitative estimate of drug-likeness (QED) is 0.219.